The monoisotopic (exact) mass is 261 g/mol. The number of nitrogens with zero attached hydrogens (tertiary/aromatic N) is 1. The van der Waals surface area contributed by atoms with Crippen molar-refractivity contribution in [3.8, 4) is 0 Å². The highest BCUT2D eigenvalue weighted by atomic mass is 16.7. The fraction of sp³-hybridized carbons (Fsp3) is 0.917. The number of hydrogen-bond donors (Lipinski definition) is 0. The molecule has 1 fully saturated rings. The molecule has 0 bridgehead atoms. The maximum atomic E-state index is 11.7. The maximum Gasteiger partial charge on any atom is 0.220 e. The Labute approximate surface area is 108 Å². The lowest BCUT2D eigenvalue weighted by molar-refractivity contribution is -0.137. The zero-order chi connectivity index (χ0) is 13.4. The summed E-state index contributed by atoms with van der Waals surface area (Å²) in [6.07, 6.45) is 1.87. The number of ether oxygens (including phenoxy) is 4. The second kappa shape index (κ2) is 8.42. The first-order chi connectivity index (χ1) is 8.70. The summed E-state index contributed by atoms with van der Waals surface area (Å²) in [5.41, 5.74) is 0. The third-order valence-electron chi connectivity index (χ3n) is 3.01. The molecule has 0 aromatic carbocycles. The Morgan fingerprint density at radius 1 is 1.06 bits per heavy atom. The van der Waals surface area contributed by atoms with E-state index in [4.69, 9.17) is 18.9 Å². The summed E-state index contributed by atoms with van der Waals surface area (Å²) >= 11 is 0. The molecule has 1 aliphatic rings. The molecule has 1 heterocycles. The van der Waals surface area contributed by atoms with Gasteiger partial charge in [-0.05, 0) is 12.8 Å². The Hall–Kier alpha value is -0.690. The van der Waals surface area contributed by atoms with Gasteiger partial charge in [0.2, 0.25) is 5.91 Å². The molecule has 0 spiro atoms. The standard InChI is InChI=1S/C12H23NO5/c1-10(14)13-11(6-17-8-15-2)4-5-12(13)7-18-9-16-3/h11-12H,4-9H2,1-3H3/t11-,12-/m0/s1. The van der Waals surface area contributed by atoms with Gasteiger partial charge >= 0.3 is 0 Å². The molecule has 2 atom stereocenters. The largest absolute Gasteiger partial charge is 0.359 e. The molecule has 6 heteroatoms. The van der Waals surface area contributed by atoms with E-state index >= 15 is 0 Å². The smallest absolute Gasteiger partial charge is 0.220 e. The van der Waals surface area contributed by atoms with Crippen LogP contribution < -0.4 is 0 Å². The van der Waals surface area contributed by atoms with Crippen LogP contribution in [0.15, 0.2) is 0 Å². The van der Waals surface area contributed by atoms with Crippen LogP contribution >= 0.6 is 0 Å². The molecule has 0 radical (unpaired) electrons. The highest BCUT2D eigenvalue weighted by molar-refractivity contribution is 5.74. The van der Waals surface area contributed by atoms with E-state index in [1.54, 1.807) is 21.1 Å². The van der Waals surface area contributed by atoms with Crippen LogP contribution in [-0.4, -0.2) is 63.9 Å². The number of likely N-dealkylation sites (tertiary alicyclic amines) is 1. The minimum absolute atomic E-state index is 0.0598. The van der Waals surface area contributed by atoms with E-state index in [-0.39, 0.29) is 31.6 Å². The van der Waals surface area contributed by atoms with E-state index in [1.807, 2.05) is 4.90 Å². The van der Waals surface area contributed by atoms with E-state index in [9.17, 15) is 4.79 Å². The molecule has 18 heavy (non-hydrogen) atoms. The summed E-state index contributed by atoms with van der Waals surface area (Å²) in [5.74, 6) is 0.0598. The van der Waals surface area contributed by atoms with Crippen molar-refractivity contribution in [3.05, 3.63) is 0 Å². The van der Waals surface area contributed by atoms with Crippen molar-refractivity contribution in [1.82, 2.24) is 4.90 Å². The van der Waals surface area contributed by atoms with Gasteiger partial charge in [0.15, 0.2) is 0 Å². The minimum atomic E-state index is 0.0598. The zero-order valence-corrected chi connectivity index (χ0v) is 11.4. The molecular formula is C12H23NO5. The quantitative estimate of drug-likeness (QED) is 0.473. The topological polar surface area (TPSA) is 57.2 Å². The van der Waals surface area contributed by atoms with Gasteiger partial charge in [-0.15, -0.1) is 0 Å². The lowest BCUT2D eigenvalue weighted by Crippen LogP contribution is -2.44. The van der Waals surface area contributed by atoms with Crippen LogP contribution in [0.5, 0.6) is 0 Å². The Balaban J connectivity index is 2.42. The SMILES string of the molecule is COCOC[C@@H]1CC[C@@H](COCOC)N1C(C)=O. The zero-order valence-electron chi connectivity index (χ0n) is 11.4. The summed E-state index contributed by atoms with van der Waals surface area (Å²) in [6.45, 7) is 3.11. The molecule has 0 unspecified atom stereocenters. The van der Waals surface area contributed by atoms with Gasteiger partial charge in [0.05, 0.1) is 25.3 Å². The van der Waals surface area contributed by atoms with Gasteiger partial charge in [-0.3, -0.25) is 4.79 Å². The van der Waals surface area contributed by atoms with Crippen LogP contribution in [0.1, 0.15) is 19.8 Å². The molecular weight excluding hydrogens is 238 g/mol. The van der Waals surface area contributed by atoms with Crippen molar-refractivity contribution >= 4 is 5.91 Å². The molecule has 6 nitrogen and oxygen atoms in total. The van der Waals surface area contributed by atoms with Gasteiger partial charge in [-0.1, -0.05) is 0 Å². The molecule has 106 valence electrons. The number of amides is 1. The number of rotatable bonds is 8. The first-order valence-corrected chi connectivity index (χ1v) is 6.13. The molecule has 0 saturated carbocycles. The minimum Gasteiger partial charge on any atom is -0.359 e. The Morgan fingerprint density at radius 2 is 1.50 bits per heavy atom. The predicted octanol–water partition coefficient (Wildman–Crippen LogP) is 0.607. The molecule has 1 saturated heterocycles. The van der Waals surface area contributed by atoms with Gasteiger partial charge in [0.25, 0.3) is 0 Å². The number of carbonyl (C=O) groups excluding carboxylic acids is 1. The predicted molar refractivity (Wildman–Crippen MR) is 65.0 cm³/mol. The Morgan fingerprint density at radius 3 is 1.83 bits per heavy atom. The molecule has 0 aromatic rings. The lowest BCUT2D eigenvalue weighted by atomic mass is 10.2. The van der Waals surface area contributed by atoms with Crippen LogP contribution in [0.25, 0.3) is 0 Å². The molecule has 1 amide bonds. The lowest BCUT2D eigenvalue weighted by Gasteiger charge is -2.29. The van der Waals surface area contributed by atoms with Gasteiger partial charge in [-0.2, -0.15) is 0 Å². The molecule has 0 aliphatic carbocycles. The third-order valence-corrected chi connectivity index (χ3v) is 3.01. The van der Waals surface area contributed by atoms with Gasteiger partial charge < -0.3 is 23.8 Å². The Kier molecular flexibility index (Phi) is 7.19. The van der Waals surface area contributed by atoms with E-state index in [0.29, 0.717) is 13.2 Å². The molecule has 0 aromatic heterocycles. The summed E-state index contributed by atoms with van der Waals surface area (Å²) in [6, 6.07) is 0.239. The molecule has 1 aliphatic heterocycles. The van der Waals surface area contributed by atoms with Crippen molar-refractivity contribution in [1.29, 1.82) is 0 Å². The average Bonchev–Trinajstić information content (AvgIpc) is 2.73. The maximum absolute atomic E-state index is 11.7. The van der Waals surface area contributed by atoms with E-state index in [1.165, 1.54) is 0 Å². The summed E-state index contributed by atoms with van der Waals surface area (Å²) < 4.78 is 20.4. The van der Waals surface area contributed by atoms with Crippen LogP contribution in [-0.2, 0) is 23.7 Å². The normalized spacial score (nSPS) is 23.6. The van der Waals surface area contributed by atoms with Crippen LogP contribution in [0.4, 0.5) is 0 Å². The number of hydrogen-bond acceptors (Lipinski definition) is 5. The third kappa shape index (κ3) is 4.53. The van der Waals surface area contributed by atoms with E-state index in [2.05, 4.69) is 0 Å². The van der Waals surface area contributed by atoms with E-state index in [0.717, 1.165) is 12.8 Å². The second-order valence-electron chi connectivity index (χ2n) is 4.37. The van der Waals surface area contributed by atoms with Crippen LogP contribution in [0.2, 0.25) is 0 Å². The fourth-order valence-corrected chi connectivity index (χ4v) is 2.34. The summed E-state index contributed by atoms with van der Waals surface area (Å²) in [4.78, 5) is 13.5. The van der Waals surface area contributed by atoms with Gasteiger partial charge in [0.1, 0.15) is 13.6 Å². The van der Waals surface area contributed by atoms with E-state index < -0.39 is 0 Å². The van der Waals surface area contributed by atoms with Crippen LogP contribution in [0, 0.1) is 0 Å². The van der Waals surface area contributed by atoms with Crippen molar-refractivity contribution in [2.45, 2.75) is 31.8 Å². The second-order valence-corrected chi connectivity index (χ2v) is 4.37. The highest BCUT2D eigenvalue weighted by Crippen LogP contribution is 2.24. The van der Waals surface area contributed by atoms with Gasteiger partial charge in [-0.25, -0.2) is 0 Å². The average molecular weight is 261 g/mol. The Bertz CT molecular complexity index is 231. The fourth-order valence-electron chi connectivity index (χ4n) is 2.34. The number of carbonyl (C=O) groups is 1. The van der Waals surface area contributed by atoms with Crippen LogP contribution in [0.3, 0.4) is 0 Å². The van der Waals surface area contributed by atoms with Crippen molar-refractivity contribution in [2.24, 2.45) is 0 Å². The van der Waals surface area contributed by atoms with Crippen molar-refractivity contribution in [2.75, 3.05) is 41.0 Å². The van der Waals surface area contributed by atoms with Crippen molar-refractivity contribution in [3.63, 3.8) is 0 Å². The highest BCUT2D eigenvalue weighted by Gasteiger charge is 2.35. The number of methoxy groups -OCH3 is 2. The summed E-state index contributed by atoms with van der Waals surface area (Å²) in [7, 11) is 3.16. The van der Waals surface area contributed by atoms with Gasteiger partial charge in [0, 0.05) is 21.1 Å². The summed E-state index contributed by atoms with van der Waals surface area (Å²) in [5, 5.41) is 0. The first kappa shape index (κ1) is 15.4. The molecule has 1 rings (SSSR count). The molecule has 0 N–H and O–H groups in total. The first-order valence-electron chi connectivity index (χ1n) is 6.13. The van der Waals surface area contributed by atoms with Crippen molar-refractivity contribution < 1.29 is 23.7 Å².